The van der Waals surface area contributed by atoms with Crippen LogP contribution in [0.3, 0.4) is 0 Å². The highest BCUT2D eigenvalue weighted by molar-refractivity contribution is 5.78. The zero-order valence-electron chi connectivity index (χ0n) is 16.9. The number of nitrogens with one attached hydrogen (secondary N) is 2. The number of hydrogen-bond acceptors (Lipinski definition) is 5. The van der Waals surface area contributed by atoms with Gasteiger partial charge in [-0.3, -0.25) is 14.7 Å². The normalized spacial score (nSPS) is 20.9. The number of para-hydroxylation sites is 1. The summed E-state index contributed by atoms with van der Waals surface area (Å²) in [7, 11) is 0. The van der Waals surface area contributed by atoms with Crippen LogP contribution in [0.4, 0.5) is 14.7 Å². The van der Waals surface area contributed by atoms with Crippen LogP contribution in [0.5, 0.6) is 0 Å². The van der Waals surface area contributed by atoms with Gasteiger partial charge in [0.05, 0.1) is 29.2 Å². The van der Waals surface area contributed by atoms with Gasteiger partial charge in [0.2, 0.25) is 5.95 Å². The highest BCUT2D eigenvalue weighted by Gasteiger charge is 2.32. The first kappa shape index (κ1) is 20.4. The Hall–Kier alpha value is -2.84. The lowest BCUT2D eigenvalue weighted by atomic mass is 10.0. The molecule has 0 amide bonds. The average Bonchev–Trinajstić information content (AvgIpc) is 2.69. The Labute approximate surface area is 172 Å². The number of ether oxygens (including phenoxy) is 1. The van der Waals surface area contributed by atoms with Crippen molar-refractivity contribution in [3.8, 4) is 0 Å². The molecule has 0 saturated carbocycles. The monoisotopic (exact) mass is 414 g/mol. The first-order chi connectivity index (χ1) is 14.4. The predicted molar refractivity (Wildman–Crippen MR) is 112 cm³/mol. The minimum absolute atomic E-state index is 0.00515. The van der Waals surface area contributed by atoms with E-state index >= 15 is 0 Å². The molecule has 1 aliphatic rings. The molecule has 1 saturated heterocycles. The number of aromatic amines is 1. The molecule has 1 fully saturated rings. The largest absolute Gasteiger partial charge is 0.373 e. The zero-order chi connectivity index (χ0) is 21.3. The van der Waals surface area contributed by atoms with Gasteiger partial charge in [-0.1, -0.05) is 18.2 Å². The number of morpholine rings is 1. The standard InChI is InChI=1S/C22H24F2N4O2/c1-13-11-28(12-14(2)30-13)19(20-16(23)7-5-8-17(20)24)10-25-22-26-18-9-4-3-6-15(18)21(29)27-22/h3-9,13-14,19H,10-12H2,1-2H3,(H2,25,26,27,29). The third-order valence-electron chi connectivity index (χ3n) is 5.30. The summed E-state index contributed by atoms with van der Waals surface area (Å²) in [6.45, 7) is 5.11. The molecule has 2 heterocycles. The lowest BCUT2D eigenvalue weighted by molar-refractivity contribution is -0.0801. The first-order valence-corrected chi connectivity index (χ1v) is 9.98. The number of aromatic nitrogens is 2. The molecule has 0 aliphatic carbocycles. The smallest absolute Gasteiger partial charge is 0.260 e. The van der Waals surface area contributed by atoms with E-state index in [-0.39, 0.29) is 35.8 Å². The molecule has 0 bridgehead atoms. The SMILES string of the molecule is CC1CN(C(CNc2nc3ccccc3c(=O)[nH]2)c2c(F)cccc2F)CC(C)O1. The Morgan fingerprint density at radius 1 is 1.13 bits per heavy atom. The molecule has 1 aliphatic heterocycles. The molecule has 2 N–H and O–H groups in total. The van der Waals surface area contributed by atoms with E-state index in [9.17, 15) is 13.6 Å². The van der Waals surface area contributed by atoms with Gasteiger partial charge >= 0.3 is 0 Å². The molecule has 4 rings (SSSR count). The zero-order valence-corrected chi connectivity index (χ0v) is 16.9. The molecule has 2 aromatic carbocycles. The van der Waals surface area contributed by atoms with E-state index in [4.69, 9.17) is 4.74 Å². The lowest BCUT2D eigenvalue weighted by Crippen LogP contribution is -2.48. The molecule has 0 spiro atoms. The minimum Gasteiger partial charge on any atom is -0.373 e. The summed E-state index contributed by atoms with van der Waals surface area (Å²) in [4.78, 5) is 21.5. The predicted octanol–water partition coefficient (Wildman–Crippen LogP) is 3.46. The van der Waals surface area contributed by atoms with Crippen LogP contribution in [0.1, 0.15) is 25.5 Å². The molecule has 30 heavy (non-hydrogen) atoms. The summed E-state index contributed by atoms with van der Waals surface area (Å²) < 4.78 is 35.1. The summed E-state index contributed by atoms with van der Waals surface area (Å²) in [5.74, 6) is -0.947. The van der Waals surface area contributed by atoms with E-state index in [0.29, 0.717) is 24.0 Å². The second-order valence-corrected chi connectivity index (χ2v) is 7.67. The van der Waals surface area contributed by atoms with Crippen LogP contribution in [0, 0.1) is 11.6 Å². The Bertz CT molecular complexity index is 1070. The van der Waals surface area contributed by atoms with Crippen molar-refractivity contribution in [1.29, 1.82) is 0 Å². The van der Waals surface area contributed by atoms with Crippen LogP contribution in [-0.4, -0.2) is 46.7 Å². The van der Waals surface area contributed by atoms with Gasteiger partial charge in [-0.25, -0.2) is 13.8 Å². The van der Waals surface area contributed by atoms with Gasteiger partial charge in [0.25, 0.3) is 5.56 Å². The Balaban J connectivity index is 1.66. The summed E-state index contributed by atoms with van der Waals surface area (Å²) >= 11 is 0. The van der Waals surface area contributed by atoms with Crippen LogP contribution < -0.4 is 10.9 Å². The second-order valence-electron chi connectivity index (χ2n) is 7.67. The number of fused-ring (bicyclic) bond motifs is 1. The molecule has 6 nitrogen and oxygen atoms in total. The fourth-order valence-corrected chi connectivity index (χ4v) is 4.08. The number of nitrogens with zero attached hydrogens (tertiary/aromatic N) is 2. The van der Waals surface area contributed by atoms with Crippen LogP contribution in [-0.2, 0) is 4.74 Å². The Morgan fingerprint density at radius 3 is 2.50 bits per heavy atom. The number of H-pyrrole nitrogens is 1. The van der Waals surface area contributed by atoms with Crippen LogP contribution >= 0.6 is 0 Å². The maximum absolute atomic E-state index is 14.6. The van der Waals surface area contributed by atoms with Crippen molar-refractivity contribution in [2.75, 3.05) is 25.0 Å². The van der Waals surface area contributed by atoms with Gasteiger partial charge in [0.1, 0.15) is 11.6 Å². The summed E-state index contributed by atoms with van der Waals surface area (Å²) in [6, 6.07) is 10.3. The van der Waals surface area contributed by atoms with Gasteiger partial charge in [-0.2, -0.15) is 0 Å². The van der Waals surface area contributed by atoms with Crippen LogP contribution in [0.15, 0.2) is 47.3 Å². The molecule has 0 radical (unpaired) electrons. The Morgan fingerprint density at radius 2 is 1.80 bits per heavy atom. The maximum atomic E-state index is 14.6. The third kappa shape index (κ3) is 4.20. The summed E-state index contributed by atoms with van der Waals surface area (Å²) in [5.41, 5.74) is 0.269. The molecule has 3 atom stereocenters. The summed E-state index contributed by atoms with van der Waals surface area (Å²) in [5, 5.41) is 3.56. The van der Waals surface area contributed by atoms with E-state index in [1.54, 1.807) is 24.3 Å². The molecular weight excluding hydrogens is 390 g/mol. The van der Waals surface area contributed by atoms with Crippen molar-refractivity contribution in [3.05, 3.63) is 70.0 Å². The minimum atomic E-state index is -0.603. The Kier molecular flexibility index (Phi) is 5.78. The van der Waals surface area contributed by atoms with Crippen molar-refractivity contribution in [1.82, 2.24) is 14.9 Å². The molecule has 1 aromatic heterocycles. The molecule has 3 aromatic rings. The van der Waals surface area contributed by atoms with E-state index < -0.39 is 17.7 Å². The highest BCUT2D eigenvalue weighted by Crippen LogP contribution is 2.29. The van der Waals surface area contributed by atoms with Crippen molar-refractivity contribution >= 4 is 16.9 Å². The van der Waals surface area contributed by atoms with E-state index in [0.717, 1.165) is 0 Å². The van der Waals surface area contributed by atoms with Gasteiger partial charge in [-0.05, 0) is 38.1 Å². The first-order valence-electron chi connectivity index (χ1n) is 9.98. The third-order valence-corrected chi connectivity index (χ3v) is 5.30. The molecule has 158 valence electrons. The summed E-state index contributed by atoms with van der Waals surface area (Å²) in [6.07, 6.45) is -0.130. The van der Waals surface area contributed by atoms with Gasteiger partial charge in [0.15, 0.2) is 0 Å². The van der Waals surface area contributed by atoms with Gasteiger partial charge < -0.3 is 10.1 Å². The number of halogens is 2. The molecule has 3 unspecified atom stereocenters. The van der Waals surface area contributed by atoms with Gasteiger partial charge in [-0.15, -0.1) is 0 Å². The van der Waals surface area contributed by atoms with Crippen molar-refractivity contribution in [2.45, 2.75) is 32.1 Å². The average molecular weight is 414 g/mol. The van der Waals surface area contributed by atoms with Crippen molar-refractivity contribution < 1.29 is 13.5 Å². The second kappa shape index (κ2) is 8.49. The van der Waals surface area contributed by atoms with E-state index in [2.05, 4.69) is 15.3 Å². The topological polar surface area (TPSA) is 70.2 Å². The van der Waals surface area contributed by atoms with Crippen LogP contribution in [0.25, 0.3) is 10.9 Å². The van der Waals surface area contributed by atoms with Crippen LogP contribution in [0.2, 0.25) is 0 Å². The maximum Gasteiger partial charge on any atom is 0.260 e. The fourth-order valence-electron chi connectivity index (χ4n) is 4.08. The number of rotatable bonds is 5. The van der Waals surface area contributed by atoms with Crippen molar-refractivity contribution in [3.63, 3.8) is 0 Å². The lowest BCUT2D eigenvalue weighted by Gasteiger charge is -2.40. The van der Waals surface area contributed by atoms with Gasteiger partial charge in [0, 0.05) is 25.2 Å². The number of benzene rings is 2. The molecule has 8 heteroatoms. The quantitative estimate of drug-likeness (QED) is 0.669. The number of anilines is 1. The highest BCUT2D eigenvalue weighted by atomic mass is 19.1. The van der Waals surface area contributed by atoms with Crippen molar-refractivity contribution in [2.24, 2.45) is 0 Å². The van der Waals surface area contributed by atoms with E-state index in [1.165, 1.54) is 18.2 Å². The number of hydrogen-bond donors (Lipinski definition) is 2. The fraction of sp³-hybridized carbons (Fsp3) is 0.364. The van der Waals surface area contributed by atoms with E-state index in [1.807, 2.05) is 18.7 Å². The molecular formula is C22H24F2N4O2.